The quantitative estimate of drug-likeness (QED) is 0.475. The van der Waals surface area contributed by atoms with Crippen molar-refractivity contribution in [1.29, 1.82) is 0 Å². The molecule has 29 heavy (non-hydrogen) atoms. The van der Waals surface area contributed by atoms with E-state index < -0.39 is 10.0 Å². The number of sulfonamides is 1. The maximum absolute atomic E-state index is 12.3. The van der Waals surface area contributed by atoms with Crippen LogP contribution in [0.25, 0.3) is 0 Å². The molecule has 2 aromatic rings. The highest BCUT2D eigenvalue weighted by Crippen LogP contribution is 2.18. The monoisotopic (exact) mass is 484 g/mol. The number of carbonyl (C=O) groups excluding carboxylic acids is 1. The minimum absolute atomic E-state index is 0.126. The molecule has 2 aromatic carbocycles. The lowest BCUT2D eigenvalue weighted by Crippen LogP contribution is -2.35. The number of anilines is 1. The van der Waals surface area contributed by atoms with E-state index in [-0.39, 0.29) is 23.5 Å². The van der Waals surface area contributed by atoms with Gasteiger partial charge in [-0.3, -0.25) is 4.79 Å². The second kappa shape index (κ2) is 11.3. The molecule has 2 N–H and O–H groups in total. The number of benzene rings is 2. The van der Waals surface area contributed by atoms with Gasteiger partial charge in [0.2, 0.25) is 15.9 Å². The van der Waals surface area contributed by atoms with Crippen molar-refractivity contribution in [2.45, 2.75) is 30.7 Å². The number of carbonyl (C=O) groups is 1. The summed E-state index contributed by atoms with van der Waals surface area (Å²) in [5.41, 5.74) is 0.534. The van der Waals surface area contributed by atoms with Gasteiger partial charge in [0.25, 0.3) is 0 Å². The van der Waals surface area contributed by atoms with Crippen LogP contribution >= 0.6 is 15.9 Å². The van der Waals surface area contributed by atoms with Crippen LogP contribution in [-0.2, 0) is 19.6 Å². The number of amides is 1. The summed E-state index contributed by atoms with van der Waals surface area (Å²) in [7, 11) is -2.13. The highest BCUT2D eigenvalue weighted by Gasteiger charge is 2.17. The Hall–Kier alpha value is -1.94. The predicted molar refractivity (Wildman–Crippen MR) is 116 cm³/mol. The van der Waals surface area contributed by atoms with Crippen LogP contribution in [0.1, 0.15) is 19.8 Å². The van der Waals surface area contributed by atoms with E-state index in [1.807, 2.05) is 24.3 Å². The van der Waals surface area contributed by atoms with Crippen molar-refractivity contribution in [2.24, 2.45) is 0 Å². The fourth-order valence-electron chi connectivity index (χ4n) is 2.54. The molecule has 0 bridgehead atoms. The molecule has 0 aliphatic heterocycles. The van der Waals surface area contributed by atoms with Gasteiger partial charge in [0.1, 0.15) is 5.75 Å². The largest absolute Gasteiger partial charge is 0.494 e. The van der Waals surface area contributed by atoms with Crippen molar-refractivity contribution in [1.82, 2.24) is 4.72 Å². The fraction of sp³-hybridized carbons (Fsp3) is 0.350. The topological polar surface area (TPSA) is 93.7 Å². The second-order valence-corrected chi connectivity index (χ2v) is 9.09. The van der Waals surface area contributed by atoms with Crippen molar-refractivity contribution in [3.8, 4) is 5.75 Å². The molecule has 0 fully saturated rings. The van der Waals surface area contributed by atoms with E-state index in [1.54, 1.807) is 19.1 Å². The number of hydrogen-bond donors (Lipinski definition) is 2. The molecule has 0 aliphatic rings. The Bertz CT molecular complexity index is 903. The van der Waals surface area contributed by atoms with Gasteiger partial charge in [-0.25, -0.2) is 13.1 Å². The highest BCUT2D eigenvalue weighted by atomic mass is 79.9. The van der Waals surface area contributed by atoms with Gasteiger partial charge in [-0.15, -0.1) is 0 Å². The SMILES string of the molecule is COCC(C)NS(=O)(=O)c1ccc(NC(=O)CCCOc2cccc(Br)c2)cc1. The van der Waals surface area contributed by atoms with Crippen molar-refractivity contribution in [3.05, 3.63) is 53.0 Å². The third-order valence-corrected chi connectivity index (χ3v) is 5.93. The van der Waals surface area contributed by atoms with Gasteiger partial charge in [-0.05, 0) is 55.8 Å². The normalized spacial score (nSPS) is 12.4. The van der Waals surface area contributed by atoms with E-state index in [4.69, 9.17) is 9.47 Å². The Morgan fingerprint density at radius 2 is 1.90 bits per heavy atom. The van der Waals surface area contributed by atoms with Gasteiger partial charge in [-0.2, -0.15) is 0 Å². The predicted octanol–water partition coefficient (Wildman–Crippen LogP) is 3.56. The average molecular weight is 485 g/mol. The number of ether oxygens (including phenoxy) is 2. The highest BCUT2D eigenvalue weighted by molar-refractivity contribution is 9.10. The number of halogens is 1. The molecule has 0 saturated carbocycles. The van der Waals surface area contributed by atoms with Gasteiger partial charge in [-0.1, -0.05) is 22.0 Å². The number of rotatable bonds is 11. The summed E-state index contributed by atoms with van der Waals surface area (Å²) in [6, 6.07) is 13.2. The summed E-state index contributed by atoms with van der Waals surface area (Å²) in [5, 5.41) is 2.75. The molecule has 1 atom stereocenters. The maximum Gasteiger partial charge on any atom is 0.240 e. The minimum Gasteiger partial charge on any atom is -0.494 e. The molecule has 7 nitrogen and oxygen atoms in total. The number of hydrogen-bond acceptors (Lipinski definition) is 5. The van der Waals surface area contributed by atoms with Crippen LogP contribution < -0.4 is 14.8 Å². The molecule has 0 heterocycles. The summed E-state index contributed by atoms with van der Waals surface area (Å²) >= 11 is 3.38. The second-order valence-electron chi connectivity index (χ2n) is 6.46. The van der Waals surface area contributed by atoms with Crippen LogP contribution in [0.15, 0.2) is 57.9 Å². The maximum atomic E-state index is 12.3. The summed E-state index contributed by atoms with van der Waals surface area (Å²) in [6.45, 7) is 2.42. The van der Waals surface area contributed by atoms with Crippen LogP contribution in [0, 0.1) is 0 Å². The van der Waals surface area contributed by atoms with Crippen LogP contribution in [0.5, 0.6) is 5.75 Å². The van der Waals surface area contributed by atoms with E-state index in [2.05, 4.69) is 26.0 Å². The molecule has 0 aliphatic carbocycles. The summed E-state index contributed by atoms with van der Waals surface area (Å²) in [5.74, 6) is 0.579. The first-order valence-corrected chi connectivity index (χ1v) is 11.4. The molecule has 158 valence electrons. The van der Waals surface area contributed by atoms with E-state index in [0.29, 0.717) is 25.1 Å². The molecular weight excluding hydrogens is 460 g/mol. The van der Waals surface area contributed by atoms with Crippen molar-refractivity contribution >= 4 is 37.5 Å². The summed E-state index contributed by atoms with van der Waals surface area (Å²) < 4.78 is 38.6. The first-order valence-electron chi connectivity index (χ1n) is 9.09. The molecule has 1 unspecified atom stereocenters. The zero-order chi connectivity index (χ0) is 21.3. The van der Waals surface area contributed by atoms with E-state index in [9.17, 15) is 13.2 Å². The first-order chi connectivity index (χ1) is 13.8. The van der Waals surface area contributed by atoms with E-state index >= 15 is 0 Å². The van der Waals surface area contributed by atoms with Gasteiger partial charge >= 0.3 is 0 Å². The first kappa shape index (κ1) is 23.3. The Labute approximate surface area is 180 Å². The lowest BCUT2D eigenvalue weighted by atomic mass is 10.2. The van der Waals surface area contributed by atoms with Gasteiger partial charge in [0.05, 0.1) is 18.1 Å². The van der Waals surface area contributed by atoms with Crippen molar-refractivity contribution < 1.29 is 22.7 Å². The number of methoxy groups -OCH3 is 1. The van der Waals surface area contributed by atoms with Crippen LogP contribution in [-0.4, -0.2) is 40.7 Å². The zero-order valence-electron chi connectivity index (χ0n) is 16.4. The zero-order valence-corrected chi connectivity index (χ0v) is 18.8. The fourth-order valence-corrected chi connectivity index (χ4v) is 4.14. The molecule has 0 aromatic heterocycles. The third-order valence-electron chi connectivity index (χ3n) is 3.83. The molecule has 0 spiro atoms. The number of nitrogens with one attached hydrogen (secondary N) is 2. The lowest BCUT2D eigenvalue weighted by Gasteiger charge is -2.13. The van der Waals surface area contributed by atoms with E-state index in [0.717, 1.165) is 10.2 Å². The summed E-state index contributed by atoms with van der Waals surface area (Å²) in [4.78, 5) is 12.2. The standard InChI is InChI=1S/C20H25BrN2O5S/c1-15(14-27-2)23-29(25,26)19-10-8-17(9-11-19)22-20(24)7-4-12-28-18-6-3-5-16(21)13-18/h3,5-6,8-11,13,15,23H,4,7,12,14H2,1-2H3,(H,22,24). The average Bonchev–Trinajstić information content (AvgIpc) is 2.65. The molecular formula is C20H25BrN2O5S. The van der Waals surface area contributed by atoms with Crippen molar-refractivity contribution in [2.75, 3.05) is 25.6 Å². The Morgan fingerprint density at radius 1 is 1.17 bits per heavy atom. The van der Waals surface area contributed by atoms with Crippen LogP contribution in [0.4, 0.5) is 5.69 Å². The molecule has 9 heteroatoms. The van der Waals surface area contributed by atoms with Crippen LogP contribution in [0.3, 0.4) is 0 Å². The Balaban J connectivity index is 1.79. The molecule has 0 saturated heterocycles. The van der Waals surface area contributed by atoms with E-state index in [1.165, 1.54) is 19.2 Å². The summed E-state index contributed by atoms with van der Waals surface area (Å²) in [6.07, 6.45) is 0.857. The Kier molecular flexibility index (Phi) is 9.09. The van der Waals surface area contributed by atoms with Crippen LogP contribution in [0.2, 0.25) is 0 Å². The molecule has 1 amide bonds. The molecule has 0 radical (unpaired) electrons. The third kappa shape index (κ3) is 8.14. The van der Waals surface area contributed by atoms with Gasteiger partial charge in [0.15, 0.2) is 0 Å². The smallest absolute Gasteiger partial charge is 0.240 e. The van der Waals surface area contributed by atoms with Gasteiger partial charge in [0, 0.05) is 29.7 Å². The minimum atomic E-state index is -3.64. The van der Waals surface area contributed by atoms with Gasteiger partial charge < -0.3 is 14.8 Å². The molecule has 2 rings (SSSR count). The lowest BCUT2D eigenvalue weighted by molar-refractivity contribution is -0.116. The Morgan fingerprint density at radius 3 is 2.55 bits per heavy atom. The van der Waals surface area contributed by atoms with Crippen molar-refractivity contribution in [3.63, 3.8) is 0 Å².